The van der Waals surface area contributed by atoms with Gasteiger partial charge < -0.3 is 4.74 Å². The Balaban J connectivity index is 2.09. The summed E-state index contributed by atoms with van der Waals surface area (Å²) in [6.07, 6.45) is 4.56. The first-order chi connectivity index (χ1) is 7.71. The third-order valence-corrected chi connectivity index (χ3v) is 4.61. The molecule has 3 nitrogen and oxygen atoms in total. The summed E-state index contributed by atoms with van der Waals surface area (Å²) in [6, 6.07) is 2.37. The third-order valence-electron chi connectivity index (χ3n) is 3.75. The number of nitrogens with one attached hydrogen (secondary N) is 1. The van der Waals surface area contributed by atoms with E-state index in [1.165, 1.54) is 16.9 Å². The summed E-state index contributed by atoms with van der Waals surface area (Å²) in [4.78, 5) is 1.34. The van der Waals surface area contributed by atoms with Crippen LogP contribution in [0.25, 0.3) is 0 Å². The number of methoxy groups -OCH3 is 1. The molecule has 0 spiro atoms. The van der Waals surface area contributed by atoms with Crippen LogP contribution in [0, 0.1) is 6.92 Å². The first kappa shape index (κ1) is 12.0. The molecule has 1 unspecified atom stereocenters. The van der Waals surface area contributed by atoms with Crippen LogP contribution in [-0.2, 0) is 4.74 Å². The van der Waals surface area contributed by atoms with E-state index < -0.39 is 0 Å². The first-order valence-corrected chi connectivity index (χ1v) is 6.64. The van der Waals surface area contributed by atoms with E-state index in [1.807, 2.05) is 7.11 Å². The van der Waals surface area contributed by atoms with Gasteiger partial charge in [-0.05, 0) is 49.6 Å². The van der Waals surface area contributed by atoms with E-state index in [-0.39, 0.29) is 11.6 Å². The van der Waals surface area contributed by atoms with Gasteiger partial charge in [0.1, 0.15) is 0 Å². The van der Waals surface area contributed by atoms with Crippen LogP contribution in [0.3, 0.4) is 0 Å². The maximum Gasteiger partial charge on any atom is 0.0697 e. The summed E-state index contributed by atoms with van der Waals surface area (Å²) in [5.41, 5.74) is 4.31. The van der Waals surface area contributed by atoms with Crippen LogP contribution < -0.4 is 11.3 Å². The fourth-order valence-corrected chi connectivity index (χ4v) is 3.21. The minimum absolute atomic E-state index is 0.0609. The van der Waals surface area contributed by atoms with Crippen LogP contribution in [0.4, 0.5) is 0 Å². The van der Waals surface area contributed by atoms with Gasteiger partial charge in [0.2, 0.25) is 0 Å². The van der Waals surface area contributed by atoms with Gasteiger partial charge in [0.25, 0.3) is 0 Å². The standard InChI is InChI=1S/C12H20N2OS/c1-9-10(4-7-16-9)11(14-13)8-12(15-2)5-3-6-12/h4,7,11,14H,3,5-6,8,13H2,1-2H3. The van der Waals surface area contributed by atoms with Gasteiger partial charge >= 0.3 is 0 Å². The lowest BCUT2D eigenvalue weighted by atomic mass is 9.75. The maximum absolute atomic E-state index is 5.67. The second-order valence-corrected chi connectivity index (χ2v) is 5.72. The Kier molecular flexibility index (Phi) is 3.64. The molecule has 0 amide bonds. The molecule has 1 heterocycles. The summed E-state index contributed by atoms with van der Waals surface area (Å²) in [6.45, 7) is 2.14. The number of thiophene rings is 1. The molecule has 0 bridgehead atoms. The van der Waals surface area contributed by atoms with Gasteiger partial charge in [-0.15, -0.1) is 11.3 Å². The number of hydrazine groups is 1. The van der Waals surface area contributed by atoms with Crippen LogP contribution in [-0.4, -0.2) is 12.7 Å². The van der Waals surface area contributed by atoms with Crippen LogP contribution >= 0.6 is 11.3 Å². The summed E-state index contributed by atoms with van der Waals surface area (Å²) in [7, 11) is 1.81. The van der Waals surface area contributed by atoms with Crippen molar-refractivity contribution in [2.24, 2.45) is 5.84 Å². The van der Waals surface area contributed by atoms with E-state index >= 15 is 0 Å². The fourth-order valence-electron chi connectivity index (χ4n) is 2.45. The van der Waals surface area contributed by atoms with Gasteiger partial charge in [-0.25, -0.2) is 0 Å². The number of aryl methyl sites for hydroxylation is 1. The average Bonchev–Trinajstić information content (AvgIpc) is 2.65. The molecule has 1 fully saturated rings. The minimum atomic E-state index is 0.0609. The molecule has 1 aliphatic carbocycles. The molecule has 0 radical (unpaired) electrons. The number of hydrogen-bond donors (Lipinski definition) is 2. The smallest absolute Gasteiger partial charge is 0.0697 e. The number of rotatable bonds is 5. The molecule has 1 aromatic heterocycles. The first-order valence-electron chi connectivity index (χ1n) is 5.76. The second-order valence-electron chi connectivity index (χ2n) is 4.60. The number of ether oxygens (including phenoxy) is 1. The van der Waals surface area contributed by atoms with Crippen molar-refractivity contribution in [2.45, 2.75) is 44.2 Å². The van der Waals surface area contributed by atoms with Gasteiger partial charge in [0.15, 0.2) is 0 Å². The summed E-state index contributed by atoms with van der Waals surface area (Å²) in [5.74, 6) is 5.67. The van der Waals surface area contributed by atoms with Crippen LogP contribution in [0.5, 0.6) is 0 Å². The molecule has 0 aromatic carbocycles. The van der Waals surface area contributed by atoms with E-state index in [0.717, 1.165) is 19.3 Å². The SMILES string of the molecule is COC1(CC(NN)c2ccsc2C)CCC1. The Morgan fingerprint density at radius 3 is 2.75 bits per heavy atom. The predicted molar refractivity (Wildman–Crippen MR) is 67.3 cm³/mol. The Labute approximate surface area is 101 Å². The van der Waals surface area contributed by atoms with Crippen molar-refractivity contribution in [3.8, 4) is 0 Å². The predicted octanol–water partition coefficient (Wildman–Crippen LogP) is 2.52. The highest BCUT2D eigenvalue weighted by Gasteiger charge is 2.39. The monoisotopic (exact) mass is 240 g/mol. The molecule has 16 heavy (non-hydrogen) atoms. The van der Waals surface area contributed by atoms with Crippen LogP contribution in [0.1, 0.15) is 42.2 Å². The Morgan fingerprint density at radius 2 is 2.38 bits per heavy atom. The van der Waals surface area contributed by atoms with Crippen molar-refractivity contribution in [3.63, 3.8) is 0 Å². The largest absolute Gasteiger partial charge is 0.378 e. The molecule has 1 aliphatic rings. The van der Waals surface area contributed by atoms with E-state index in [1.54, 1.807) is 11.3 Å². The lowest BCUT2D eigenvalue weighted by Crippen LogP contribution is -2.44. The zero-order valence-corrected chi connectivity index (χ0v) is 10.8. The van der Waals surface area contributed by atoms with E-state index in [0.29, 0.717) is 0 Å². The van der Waals surface area contributed by atoms with E-state index in [4.69, 9.17) is 10.6 Å². The normalized spacial score (nSPS) is 20.4. The third kappa shape index (κ3) is 2.15. The topological polar surface area (TPSA) is 47.3 Å². The lowest BCUT2D eigenvalue weighted by molar-refractivity contribution is -0.0838. The Hall–Kier alpha value is -0.420. The molecule has 90 valence electrons. The molecular formula is C12H20N2OS. The fraction of sp³-hybridized carbons (Fsp3) is 0.667. The molecule has 4 heteroatoms. The highest BCUT2D eigenvalue weighted by Crippen LogP contribution is 2.42. The van der Waals surface area contributed by atoms with Crippen molar-refractivity contribution in [3.05, 3.63) is 21.9 Å². The highest BCUT2D eigenvalue weighted by atomic mass is 32.1. The summed E-state index contributed by atoms with van der Waals surface area (Å²) >= 11 is 1.77. The Bertz CT molecular complexity index is 341. The molecule has 0 aliphatic heterocycles. The molecule has 1 aromatic rings. The van der Waals surface area contributed by atoms with Crippen molar-refractivity contribution < 1.29 is 4.74 Å². The van der Waals surface area contributed by atoms with Gasteiger partial charge in [0, 0.05) is 18.0 Å². The number of hydrogen-bond acceptors (Lipinski definition) is 4. The number of nitrogens with two attached hydrogens (primary N) is 1. The van der Waals surface area contributed by atoms with Gasteiger partial charge in [-0.2, -0.15) is 0 Å². The maximum atomic E-state index is 5.67. The van der Waals surface area contributed by atoms with E-state index in [2.05, 4.69) is 23.8 Å². The quantitative estimate of drug-likeness (QED) is 0.614. The van der Waals surface area contributed by atoms with E-state index in [9.17, 15) is 0 Å². The zero-order chi connectivity index (χ0) is 11.6. The molecule has 1 atom stereocenters. The summed E-state index contributed by atoms with van der Waals surface area (Å²) in [5, 5.41) is 2.12. The molecule has 2 rings (SSSR count). The average molecular weight is 240 g/mol. The van der Waals surface area contributed by atoms with Crippen molar-refractivity contribution in [2.75, 3.05) is 7.11 Å². The Morgan fingerprint density at radius 1 is 1.62 bits per heavy atom. The molecular weight excluding hydrogens is 220 g/mol. The van der Waals surface area contributed by atoms with Gasteiger partial charge in [-0.1, -0.05) is 0 Å². The van der Waals surface area contributed by atoms with Crippen molar-refractivity contribution >= 4 is 11.3 Å². The molecule has 0 saturated heterocycles. The zero-order valence-electron chi connectivity index (χ0n) is 9.95. The molecule has 1 saturated carbocycles. The summed E-state index contributed by atoms with van der Waals surface area (Å²) < 4.78 is 5.65. The van der Waals surface area contributed by atoms with Crippen molar-refractivity contribution in [1.29, 1.82) is 0 Å². The lowest BCUT2D eigenvalue weighted by Gasteiger charge is -2.42. The van der Waals surface area contributed by atoms with Crippen LogP contribution in [0.15, 0.2) is 11.4 Å². The second kappa shape index (κ2) is 4.84. The van der Waals surface area contributed by atoms with Gasteiger partial charge in [0.05, 0.1) is 5.60 Å². The highest BCUT2D eigenvalue weighted by molar-refractivity contribution is 7.10. The van der Waals surface area contributed by atoms with Crippen molar-refractivity contribution in [1.82, 2.24) is 5.43 Å². The van der Waals surface area contributed by atoms with Crippen LogP contribution in [0.2, 0.25) is 0 Å². The molecule has 3 N–H and O–H groups in total. The minimum Gasteiger partial charge on any atom is -0.378 e. The van der Waals surface area contributed by atoms with Gasteiger partial charge in [-0.3, -0.25) is 11.3 Å².